The van der Waals surface area contributed by atoms with Crippen LogP contribution in [0, 0.1) is 0 Å². The van der Waals surface area contributed by atoms with Crippen LogP contribution in [-0.4, -0.2) is 21.3 Å². The van der Waals surface area contributed by atoms with Crippen LogP contribution in [0.3, 0.4) is 0 Å². The Labute approximate surface area is 96.8 Å². The minimum atomic E-state index is -0.117. The van der Waals surface area contributed by atoms with Crippen molar-refractivity contribution in [2.24, 2.45) is 0 Å². The Bertz CT molecular complexity index is 506. The Balaban J connectivity index is 2.20. The Morgan fingerprint density at radius 3 is 3.06 bits per heavy atom. The van der Waals surface area contributed by atoms with E-state index in [1.807, 2.05) is 12.3 Å². The minimum Gasteiger partial charge on any atom is -0.384 e. The van der Waals surface area contributed by atoms with Gasteiger partial charge in [0.05, 0.1) is 18.4 Å². The average molecular weight is 236 g/mol. The molecular weight excluding hydrogens is 224 g/mol. The molecule has 0 atom stereocenters. The van der Waals surface area contributed by atoms with Crippen molar-refractivity contribution in [3.8, 4) is 0 Å². The number of hydrogen-bond acceptors (Lipinski definition) is 5. The van der Waals surface area contributed by atoms with Crippen molar-refractivity contribution in [3.63, 3.8) is 0 Å². The quantitative estimate of drug-likeness (QED) is 0.866. The standard InChI is InChI=1S/C10H12N4OS/c1-2-11-8-5-10(15)14(13-6-8)7-9-12-3-4-16-9/h3-6,11H,2,7H2,1H3. The van der Waals surface area contributed by atoms with Gasteiger partial charge in [-0.05, 0) is 6.92 Å². The number of thiazole rings is 1. The largest absolute Gasteiger partial charge is 0.384 e. The summed E-state index contributed by atoms with van der Waals surface area (Å²) in [7, 11) is 0. The first kappa shape index (κ1) is 10.8. The number of nitrogens with zero attached hydrogens (tertiary/aromatic N) is 3. The Morgan fingerprint density at radius 1 is 1.56 bits per heavy atom. The first-order valence-corrected chi connectivity index (χ1v) is 5.87. The summed E-state index contributed by atoms with van der Waals surface area (Å²) in [6.45, 7) is 3.18. The lowest BCUT2D eigenvalue weighted by atomic mass is 10.4. The van der Waals surface area contributed by atoms with E-state index in [0.29, 0.717) is 6.54 Å². The van der Waals surface area contributed by atoms with Crippen LogP contribution < -0.4 is 10.9 Å². The molecule has 2 heterocycles. The van der Waals surface area contributed by atoms with Gasteiger partial charge in [0, 0.05) is 24.2 Å². The summed E-state index contributed by atoms with van der Waals surface area (Å²) in [4.78, 5) is 15.8. The summed E-state index contributed by atoms with van der Waals surface area (Å²) in [6, 6.07) is 1.55. The molecule has 0 radical (unpaired) electrons. The van der Waals surface area contributed by atoms with Gasteiger partial charge in [-0.2, -0.15) is 5.10 Å². The predicted molar refractivity (Wildman–Crippen MR) is 63.9 cm³/mol. The smallest absolute Gasteiger partial charge is 0.269 e. The summed E-state index contributed by atoms with van der Waals surface area (Å²) in [5, 5.41) is 9.89. The molecule has 5 nitrogen and oxygen atoms in total. The monoisotopic (exact) mass is 236 g/mol. The Morgan fingerprint density at radius 2 is 2.44 bits per heavy atom. The first-order chi connectivity index (χ1) is 7.79. The summed E-state index contributed by atoms with van der Waals surface area (Å²) in [5.74, 6) is 0. The molecule has 0 saturated carbocycles. The molecule has 6 heteroatoms. The third-order valence-corrected chi connectivity index (χ3v) is 2.78. The highest BCUT2D eigenvalue weighted by molar-refractivity contribution is 7.09. The lowest BCUT2D eigenvalue weighted by molar-refractivity contribution is 0.637. The maximum absolute atomic E-state index is 11.7. The summed E-state index contributed by atoms with van der Waals surface area (Å²) in [6.07, 6.45) is 3.37. The number of nitrogens with one attached hydrogen (secondary N) is 1. The van der Waals surface area contributed by atoms with E-state index in [0.717, 1.165) is 17.2 Å². The lowest BCUT2D eigenvalue weighted by Gasteiger charge is -2.04. The molecule has 2 aromatic heterocycles. The van der Waals surface area contributed by atoms with Crippen molar-refractivity contribution in [1.82, 2.24) is 14.8 Å². The molecule has 0 aliphatic carbocycles. The van der Waals surface area contributed by atoms with Gasteiger partial charge >= 0.3 is 0 Å². The van der Waals surface area contributed by atoms with E-state index in [2.05, 4.69) is 15.4 Å². The van der Waals surface area contributed by atoms with Crippen LogP contribution >= 0.6 is 11.3 Å². The first-order valence-electron chi connectivity index (χ1n) is 4.99. The zero-order valence-corrected chi connectivity index (χ0v) is 9.70. The van der Waals surface area contributed by atoms with E-state index >= 15 is 0 Å². The zero-order valence-electron chi connectivity index (χ0n) is 8.88. The third-order valence-electron chi connectivity index (χ3n) is 2.02. The van der Waals surface area contributed by atoms with Gasteiger partial charge in [-0.15, -0.1) is 11.3 Å². The van der Waals surface area contributed by atoms with Gasteiger partial charge in [-0.1, -0.05) is 0 Å². The second kappa shape index (κ2) is 4.89. The van der Waals surface area contributed by atoms with Crippen molar-refractivity contribution >= 4 is 17.0 Å². The average Bonchev–Trinajstić information content (AvgIpc) is 2.75. The second-order valence-corrected chi connectivity index (χ2v) is 4.18. The topological polar surface area (TPSA) is 59.8 Å². The molecule has 0 unspecified atom stereocenters. The van der Waals surface area contributed by atoms with Crippen molar-refractivity contribution in [2.45, 2.75) is 13.5 Å². The molecule has 0 saturated heterocycles. The maximum atomic E-state index is 11.7. The summed E-state index contributed by atoms with van der Waals surface area (Å²) >= 11 is 1.51. The van der Waals surface area contributed by atoms with Crippen molar-refractivity contribution < 1.29 is 0 Å². The maximum Gasteiger partial charge on any atom is 0.269 e. The Kier molecular flexibility index (Phi) is 3.31. The molecule has 0 spiro atoms. The van der Waals surface area contributed by atoms with Crippen LogP contribution in [0.15, 0.2) is 28.6 Å². The van der Waals surface area contributed by atoms with Crippen LogP contribution in [0.25, 0.3) is 0 Å². The fourth-order valence-corrected chi connectivity index (χ4v) is 1.91. The van der Waals surface area contributed by atoms with Crippen LogP contribution in [0.1, 0.15) is 11.9 Å². The van der Waals surface area contributed by atoms with Crippen LogP contribution in [-0.2, 0) is 6.54 Å². The molecule has 2 rings (SSSR count). The van der Waals surface area contributed by atoms with Gasteiger partial charge in [0.2, 0.25) is 0 Å². The molecule has 0 aliphatic rings. The fraction of sp³-hybridized carbons (Fsp3) is 0.300. The van der Waals surface area contributed by atoms with E-state index in [1.54, 1.807) is 18.5 Å². The minimum absolute atomic E-state index is 0.117. The molecule has 0 bridgehead atoms. The molecule has 0 amide bonds. The fourth-order valence-electron chi connectivity index (χ4n) is 1.31. The van der Waals surface area contributed by atoms with Gasteiger partial charge in [-0.25, -0.2) is 9.67 Å². The highest BCUT2D eigenvalue weighted by atomic mass is 32.1. The Hall–Kier alpha value is -1.69. The predicted octanol–water partition coefficient (Wildman–Crippen LogP) is 1.18. The normalized spacial score (nSPS) is 10.3. The molecule has 0 fully saturated rings. The highest BCUT2D eigenvalue weighted by Gasteiger charge is 2.02. The number of aromatic nitrogens is 3. The molecule has 16 heavy (non-hydrogen) atoms. The molecule has 0 aromatic carbocycles. The van der Waals surface area contributed by atoms with Crippen molar-refractivity contribution in [1.29, 1.82) is 0 Å². The van der Waals surface area contributed by atoms with Crippen LogP contribution in [0.4, 0.5) is 5.69 Å². The van der Waals surface area contributed by atoms with Crippen LogP contribution in [0.5, 0.6) is 0 Å². The lowest BCUT2D eigenvalue weighted by Crippen LogP contribution is -2.23. The zero-order chi connectivity index (χ0) is 11.4. The van der Waals surface area contributed by atoms with E-state index in [4.69, 9.17) is 0 Å². The van der Waals surface area contributed by atoms with Gasteiger partial charge in [0.1, 0.15) is 5.01 Å². The molecule has 84 valence electrons. The van der Waals surface area contributed by atoms with E-state index in [-0.39, 0.29) is 5.56 Å². The highest BCUT2D eigenvalue weighted by Crippen LogP contribution is 2.05. The molecular formula is C10H12N4OS. The van der Waals surface area contributed by atoms with E-state index in [1.165, 1.54) is 16.0 Å². The van der Waals surface area contributed by atoms with Gasteiger partial charge in [0.15, 0.2) is 0 Å². The van der Waals surface area contributed by atoms with Crippen molar-refractivity contribution in [2.75, 3.05) is 11.9 Å². The summed E-state index contributed by atoms with van der Waals surface area (Å²) < 4.78 is 1.40. The number of rotatable bonds is 4. The van der Waals surface area contributed by atoms with Gasteiger partial charge in [-0.3, -0.25) is 4.79 Å². The molecule has 1 N–H and O–H groups in total. The van der Waals surface area contributed by atoms with E-state index < -0.39 is 0 Å². The van der Waals surface area contributed by atoms with Gasteiger partial charge in [0.25, 0.3) is 5.56 Å². The third kappa shape index (κ3) is 2.46. The number of anilines is 1. The molecule has 0 aliphatic heterocycles. The van der Waals surface area contributed by atoms with Crippen molar-refractivity contribution in [3.05, 3.63) is 39.2 Å². The summed E-state index contributed by atoms with van der Waals surface area (Å²) in [5.41, 5.74) is 0.636. The van der Waals surface area contributed by atoms with Crippen LogP contribution in [0.2, 0.25) is 0 Å². The second-order valence-electron chi connectivity index (χ2n) is 3.20. The SMILES string of the molecule is CCNc1cnn(Cc2nccs2)c(=O)c1. The van der Waals surface area contributed by atoms with E-state index in [9.17, 15) is 4.79 Å². The molecule has 2 aromatic rings. The van der Waals surface area contributed by atoms with Gasteiger partial charge < -0.3 is 5.32 Å². The number of hydrogen-bond donors (Lipinski definition) is 1.